The Kier molecular flexibility index (Phi) is 6.59. The van der Waals surface area contributed by atoms with Gasteiger partial charge in [-0.05, 0) is 69.6 Å². The number of rotatable bonds is 6. The molecule has 31 heavy (non-hydrogen) atoms. The molecule has 0 spiro atoms. The molecule has 2 aliphatic rings. The van der Waals surface area contributed by atoms with Crippen LogP contribution in [0.5, 0.6) is 5.75 Å². The zero-order valence-corrected chi connectivity index (χ0v) is 18.8. The van der Waals surface area contributed by atoms with Crippen LogP contribution in [0, 0.1) is 0 Å². The van der Waals surface area contributed by atoms with Crippen molar-refractivity contribution in [3.63, 3.8) is 0 Å². The van der Waals surface area contributed by atoms with Crippen molar-refractivity contribution in [3.8, 4) is 5.75 Å². The maximum absolute atomic E-state index is 12.6. The Morgan fingerprint density at radius 1 is 1.06 bits per heavy atom. The molecule has 1 amide bonds. The molecule has 2 N–H and O–H groups in total. The van der Waals surface area contributed by atoms with E-state index in [0.29, 0.717) is 17.4 Å². The fraction of sp³-hybridized carbons (Fsp3) is 0.542. The summed E-state index contributed by atoms with van der Waals surface area (Å²) >= 11 is 0. The highest BCUT2D eigenvalue weighted by Gasteiger charge is 2.25. The average Bonchev–Trinajstić information content (AvgIpc) is 2.79. The third-order valence-electron chi connectivity index (χ3n) is 6.31. The predicted octanol–water partition coefficient (Wildman–Crippen LogP) is 3.58. The summed E-state index contributed by atoms with van der Waals surface area (Å²) in [5.74, 6) is 2.45. The standard InChI is InChI=1S/C24H33N5O2/c1-29(2)22-20-9-4-5-10-21(20)27-24(28-22)26-18-13-11-17(12-14-18)25-23(30)16-7-6-8-19(15-16)31-3/h6-8,15,17-18H,4-5,9-14H2,1-3H3,(H,25,30)(H,26,27,28). The predicted molar refractivity (Wildman–Crippen MR) is 123 cm³/mol. The molecular weight excluding hydrogens is 390 g/mol. The zero-order valence-electron chi connectivity index (χ0n) is 18.8. The molecule has 1 saturated carbocycles. The number of hydrogen-bond acceptors (Lipinski definition) is 6. The second-order valence-electron chi connectivity index (χ2n) is 8.80. The third-order valence-corrected chi connectivity index (χ3v) is 6.31. The Balaban J connectivity index is 1.34. The number of amides is 1. The molecule has 1 aromatic carbocycles. The van der Waals surface area contributed by atoms with E-state index >= 15 is 0 Å². The minimum atomic E-state index is -0.0380. The monoisotopic (exact) mass is 423 g/mol. The highest BCUT2D eigenvalue weighted by atomic mass is 16.5. The molecule has 0 saturated heterocycles. The van der Waals surface area contributed by atoms with E-state index in [2.05, 4.69) is 29.6 Å². The summed E-state index contributed by atoms with van der Waals surface area (Å²) in [5, 5.41) is 6.74. The van der Waals surface area contributed by atoms with Crippen LogP contribution in [-0.4, -0.2) is 49.2 Å². The molecule has 166 valence electrons. The van der Waals surface area contributed by atoms with Crippen LogP contribution in [0.2, 0.25) is 0 Å². The van der Waals surface area contributed by atoms with Gasteiger partial charge in [0.2, 0.25) is 5.95 Å². The first kappa shape index (κ1) is 21.4. The van der Waals surface area contributed by atoms with Crippen LogP contribution in [0.1, 0.15) is 60.1 Å². The van der Waals surface area contributed by atoms with Gasteiger partial charge in [0.15, 0.2) is 0 Å². The molecule has 7 nitrogen and oxygen atoms in total. The number of fused-ring (bicyclic) bond motifs is 1. The smallest absolute Gasteiger partial charge is 0.251 e. The van der Waals surface area contributed by atoms with E-state index in [9.17, 15) is 4.79 Å². The first-order chi connectivity index (χ1) is 15.0. The summed E-state index contributed by atoms with van der Waals surface area (Å²) in [6.45, 7) is 0. The quantitative estimate of drug-likeness (QED) is 0.739. The maximum atomic E-state index is 12.6. The van der Waals surface area contributed by atoms with E-state index in [1.165, 1.54) is 24.1 Å². The second kappa shape index (κ2) is 9.54. The van der Waals surface area contributed by atoms with Gasteiger partial charge in [0.1, 0.15) is 11.6 Å². The van der Waals surface area contributed by atoms with Crippen molar-refractivity contribution in [2.45, 2.75) is 63.5 Å². The minimum Gasteiger partial charge on any atom is -0.497 e. The molecule has 1 aromatic heterocycles. The fourth-order valence-corrected chi connectivity index (χ4v) is 4.61. The molecule has 0 bridgehead atoms. The van der Waals surface area contributed by atoms with Gasteiger partial charge in [-0.1, -0.05) is 6.07 Å². The SMILES string of the molecule is COc1cccc(C(=O)NC2CCC(Nc3nc4c(c(N(C)C)n3)CCCC4)CC2)c1. The van der Waals surface area contributed by atoms with Crippen LogP contribution in [0.25, 0.3) is 0 Å². The normalized spacial score (nSPS) is 20.5. The molecule has 4 rings (SSSR count). The van der Waals surface area contributed by atoms with Gasteiger partial charge >= 0.3 is 0 Å². The maximum Gasteiger partial charge on any atom is 0.251 e. The minimum absolute atomic E-state index is 0.0380. The largest absolute Gasteiger partial charge is 0.497 e. The number of carbonyl (C=O) groups is 1. The van der Waals surface area contributed by atoms with Gasteiger partial charge in [-0.2, -0.15) is 4.98 Å². The van der Waals surface area contributed by atoms with Crippen molar-refractivity contribution < 1.29 is 9.53 Å². The van der Waals surface area contributed by atoms with Crippen LogP contribution in [0.3, 0.4) is 0 Å². The number of hydrogen-bond donors (Lipinski definition) is 2. The van der Waals surface area contributed by atoms with Crippen LogP contribution in [-0.2, 0) is 12.8 Å². The number of benzene rings is 1. The summed E-state index contributed by atoms with van der Waals surface area (Å²) in [6.07, 6.45) is 8.39. The van der Waals surface area contributed by atoms with Crippen LogP contribution in [0.4, 0.5) is 11.8 Å². The number of ether oxygens (including phenoxy) is 1. The fourth-order valence-electron chi connectivity index (χ4n) is 4.61. The number of methoxy groups -OCH3 is 1. The van der Waals surface area contributed by atoms with Gasteiger partial charge in [-0.3, -0.25) is 4.79 Å². The topological polar surface area (TPSA) is 79.4 Å². The number of aryl methyl sites for hydroxylation is 1. The zero-order chi connectivity index (χ0) is 21.8. The summed E-state index contributed by atoms with van der Waals surface area (Å²) in [6, 6.07) is 7.81. The third kappa shape index (κ3) is 5.09. The summed E-state index contributed by atoms with van der Waals surface area (Å²) in [7, 11) is 5.72. The van der Waals surface area contributed by atoms with Crippen molar-refractivity contribution in [1.29, 1.82) is 0 Å². The molecule has 7 heteroatoms. The number of anilines is 2. The summed E-state index contributed by atoms with van der Waals surface area (Å²) < 4.78 is 5.22. The summed E-state index contributed by atoms with van der Waals surface area (Å²) in [5.41, 5.74) is 3.15. The Hall–Kier alpha value is -2.83. The highest BCUT2D eigenvalue weighted by molar-refractivity contribution is 5.94. The lowest BCUT2D eigenvalue weighted by molar-refractivity contribution is 0.0926. The van der Waals surface area contributed by atoms with Crippen LogP contribution < -0.4 is 20.3 Å². The van der Waals surface area contributed by atoms with Crippen molar-refractivity contribution in [2.75, 3.05) is 31.4 Å². The van der Waals surface area contributed by atoms with Gasteiger partial charge < -0.3 is 20.3 Å². The summed E-state index contributed by atoms with van der Waals surface area (Å²) in [4.78, 5) is 24.4. The number of aromatic nitrogens is 2. The van der Waals surface area contributed by atoms with E-state index < -0.39 is 0 Å². The van der Waals surface area contributed by atoms with Crippen molar-refractivity contribution in [2.24, 2.45) is 0 Å². The van der Waals surface area contributed by atoms with Crippen molar-refractivity contribution in [1.82, 2.24) is 15.3 Å². The van der Waals surface area contributed by atoms with E-state index in [1.807, 2.05) is 18.2 Å². The Morgan fingerprint density at radius 3 is 2.55 bits per heavy atom. The van der Waals surface area contributed by atoms with Crippen LogP contribution >= 0.6 is 0 Å². The molecular formula is C24H33N5O2. The number of nitrogens with one attached hydrogen (secondary N) is 2. The lowest BCUT2D eigenvalue weighted by Crippen LogP contribution is -2.40. The van der Waals surface area contributed by atoms with Crippen LogP contribution in [0.15, 0.2) is 24.3 Å². The molecule has 0 aliphatic heterocycles. The first-order valence-electron chi connectivity index (χ1n) is 11.3. The van der Waals surface area contributed by atoms with Gasteiger partial charge in [-0.25, -0.2) is 4.98 Å². The lowest BCUT2D eigenvalue weighted by Gasteiger charge is -2.30. The highest BCUT2D eigenvalue weighted by Crippen LogP contribution is 2.29. The van der Waals surface area contributed by atoms with Crippen molar-refractivity contribution in [3.05, 3.63) is 41.1 Å². The average molecular weight is 424 g/mol. The van der Waals surface area contributed by atoms with E-state index in [-0.39, 0.29) is 11.9 Å². The second-order valence-corrected chi connectivity index (χ2v) is 8.80. The van der Waals surface area contributed by atoms with Gasteiger partial charge in [-0.15, -0.1) is 0 Å². The molecule has 0 radical (unpaired) electrons. The van der Waals surface area contributed by atoms with E-state index in [1.54, 1.807) is 13.2 Å². The van der Waals surface area contributed by atoms with Gasteiger partial charge in [0.25, 0.3) is 5.91 Å². The van der Waals surface area contributed by atoms with E-state index in [0.717, 1.165) is 50.3 Å². The Morgan fingerprint density at radius 2 is 1.81 bits per heavy atom. The van der Waals surface area contributed by atoms with Crippen molar-refractivity contribution >= 4 is 17.7 Å². The number of nitrogens with zero attached hydrogens (tertiary/aromatic N) is 3. The van der Waals surface area contributed by atoms with Gasteiger partial charge in [0.05, 0.1) is 12.8 Å². The molecule has 2 aliphatic carbocycles. The first-order valence-corrected chi connectivity index (χ1v) is 11.3. The number of carbonyl (C=O) groups excluding carboxylic acids is 1. The Labute approximate surface area is 184 Å². The molecule has 1 heterocycles. The molecule has 0 unspecified atom stereocenters. The molecule has 0 atom stereocenters. The Bertz CT molecular complexity index is 922. The lowest BCUT2D eigenvalue weighted by atomic mass is 9.91. The van der Waals surface area contributed by atoms with E-state index in [4.69, 9.17) is 14.7 Å². The molecule has 2 aromatic rings. The van der Waals surface area contributed by atoms with Gasteiger partial charge in [0, 0.05) is 37.3 Å². The molecule has 1 fully saturated rings.